The Morgan fingerprint density at radius 2 is 2.00 bits per heavy atom. The van der Waals surface area contributed by atoms with Gasteiger partial charge in [-0.2, -0.15) is 0 Å². The summed E-state index contributed by atoms with van der Waals surface area (Å²) < 4.78 is 13.7. The number of nitrogens with two attached hydrogens (primary N) is 1. The van der Waals surface area contributed by atoms with Gasteiger partial charge >= 0.3 is 0 Å². The molecule has 0 saturated carbocycles. The van der Waals surface area contributed by atoms with Crippen molar-refractivity contribution in [2.75, 3.05) is 0 Å². The van der Waals surface area contributed by atoms with Crippen LogP contribution in [-0.2, 0) is 0 Å². The van der Waals surface area contributed by atoms with E-state index in [1.807, 2.05) is 13.0 Å². The third-order valence-corrected chi connectivity index (χ3v) is 3.00. The van der Waals surface area contributed by atoms with Gasteiger partial charge in [-0.1, -0.05) is 44.4 Å². The Labute approximate surface area is 103 Å². The second-order valence-corrected chi connectivity index (χ2v) is 5.07. The molecule has 1 rings (SSSR count). The van der Waals surface area contributed by atoms with Gasteiger partial charge in [0, 0.05) is 11.6 Å². The normalized spacial score (nSPS) is 13.1. The Morgan fingerprint density at radius 1 is 1.29 bits per heavy atom. The maximum Gasteiger partial charge on any atom is 0.128 e. The third-order valence-electron chi connectivity index (χ3n) is 3.00. The van der Waals surface area contributed by atoms with E-state index in [-0.39, 0.29) is 11.9 Å². The summed E-state index contributed by atoms with van der Waals surface area (Å²) >= 11 is 0. The molecule has 0 fully saturated rings. The number of halogens is 1. The van der Waals surface area contributed by atoms with Crippen molar-refractivity contribution in [3.05, 3.63) is 35.1 Å². The van der Waals surface area contributed by atoms with Gasteiger partial charge in [0.15, 0.2) is 0 Å². The molecule has 2 nitrogen and oxygen atoms in total. The summed E-state index contributed by atoms with van der Waals surface area (Å²) in [6.07, 6.45) is 3.07. The second kappa shape index (κ2) is 6.72. The van der Waals surface area contributed by atoms with Gasteiger partial charge in [0.25, 0.3) is 0 Å². The average Bonchev–Trinajstić information content (AvgIpc) is 2.28. The fourth-order valence-electron chi connectivity index (χ4n) is 1.99. The molecule has 1 aromatic carbocycles. The molecular weight excluding hydrogens is 215 g/mol. The van der Waals surface area contributed by atoms with Crippen molar-refractivity contribution in [2.24, 2.45) is 11.8 Å². The topological polar surface area (TPSA) is 38.0 Å². The van der Waals surface area contributed by atoms with Crippen LogP contribution in [-0.4, -0.2) is 0 Å². The molecule has 96 valence electrons. The summed E-state index contributed by atoms with van der Waals surface area (Å²) in [4.78, 5) is 0. The van der Waals surface area contributed by atoms with E-state index in [0.717, 1.165) is 24.8 Å². The monoisotopic (exact) mass is 238 g/mol. The van der Waals surface area contributed by atoms with Gasteiger partial charge in [-0.15, -0.1) is 0 Å². The molecule has 0 aliphatic carbocycles. The van der Waals surface area contributed by atoms with Crippen molar-refractivity contribution in [1.82, 2.24) is 5.43 Å². The van der Waals surface area contributed by atoms with Crippen molar-refractivity contribution in [1.29, 1.82) is 0 Å². The minimum atomic E-state index is -0.178. The molecule has 0 aliphatic rings. The van der Waals surface area contributed by atoms with Gasteiger partial charge in [-0.3, -0.25) is 11.3 Å². The van der Waals surface area contributed by atoms with Gasteiger partial charge in [-0.05, 0) is 25.3 Å². The fraction of sp³-hybridized carbons (Fsp3) is 0.571. The Hall–Kier alpha value is -0.930. The lowest BCUT2D eigenvalue weighted by Crippen LogP contribution is -2.28. The van der Waals surface area contributed by atoms with Crippen molar-refractivity contribution >= 4 is 0 Å². The number of rotatable bonds is 6. The van der Waals surface area contributed by atoms with E-state index in [0.29, 0.717) is 11.5 Å². The highest BCUT2D eigenvalue weighted by Crippen LogP contribution is 2.23. The first-order valence-corrected chi connectivity index (χ1v) is 6.26. The van der Waals surface area contributed by atoms with Crippen LogP contribution in [0.5, 0.6) is 0 Å². The molecule has 0 bridgehead atoms. The minimum absolute atomic E-state index is 0.0892. The molecule has 0 heterocycles. The summed E-state index contributed by atoms with van der Waals surface area (Å²) in [6.45, 7) is 6.35. The maximum atomic E-state index is 13.7. The molecule has 1 unspecified atom stereocenters. The van der Waals surface area contributed by atoms with Crippen LogP contribution in [0.4, 0.5) is 4.39 Å². The summed E-state index contributed by atoms with van der Waals surface area (Å²) in [5.41, 5.74) is 4.46. The van der Waals surface area contributed by atoms with Crippen LogP contribution in [0.1, 0.15) is 50.3 Å². The van der Waals surface area contributed by atoms with Gasteiger partial charge < -0.3 is 0 Å². The first-order chi connectivity index (χ1) is 8.04. The zero-order valence-corrected chi connectivity index (χ0v) is 11.0. The molecule has 0 radical (unpaired) electrons. The Bertz CT molecular complexity index is 350. The van der Waals surface area contributed by atoms with Crippen LogP contribution in [0, 0.1) is 18.7 Å². The van der Waals surface area contributed by atoms with Gasteiger partial charge in [0.1, 0.15) is 5.82 Å². The Balaban J connectivity index is 2.68. The van der Waals surface area contributed by atoms with Crippen molar-refractivity contribution in [3.8, 4) is 0 Å². The fourth-order valence-corrected chi connectivity index (χ4v) is 1.99. The number of hydrogen-bond donors (Lipinski definition) is 2. The second-order valence-electron chi connectivity index (χ2n) is 5.07. The predicted octanol–water partition coefficient (Wildman–Crippen LogP) is 3.46. The molecule has 0 spiro atoms. The minimum Gasteiger partial charge on any atom is -0.271 e. The standard InChI is InChI=1S/C14H23FN2/c1-10(2)5-4-6-14(17-16)12-9-11(3)7-8-13(12)15/h7-10,14,17H,4-6,16H2,1-3H3. The summed E-state index contributed by atoms with van der Waals surface area (Å²) in [5.74, 6) is 6.02. The molecule has 3 heteroatoms. The molecule has 1 atom stereocenters. The third kappa shape index (κ3) is 4.44. The highest BCUT2D eigenvalue weighted by atomic mass is 19.1. The molecule has 0 aliphatic heterocycles. The van der Waals surface area contributed by atoms with E-state index in [2.05, 4.69) is 19.3 Å². The van der Waals surface area contributed by atoms with Crippen LogP contribution in [0.2, 0.25) is 0 Å². The molecule has 1 aromatic rings. The summed E-state index contributed by atoms with van der Waals surface area (Å²) in [7, 11) is 0. The van der Waals surface area contributed by atoms with Crippen LogP contribution < -0.4 is 11.3 Å². The largest absolute Gasteiger partial charge is 0.271 e. The van der Waals surface area contributed by atoms with E-state index in [4.69, 9.17) is 5.84 Å². The predicted molar refractivity (Wildman–Crippen MR) is 69.9 cm³/mol. The van der Waals surface area contributed by atoms with Crippen LogP contribution in [0.15, 0.2) is 18.2 Å². The Kier molecular flexibility index (Phi) is 5.59. The summed E-state index contributed by atoms with van der Waals surface area (Å²) in [5, 5.41) is 0. The van der Waals surface area contributed by atoms with E-state index >= 15 is 0 Å². The number of nitrogens with one attached hydrogen (secondary N) is 1. The lowest BCUT2D eigenvalue weighted by atomic mass is 9.97. The molecule has 3 N–H and O–H groups in total. The molecule has 0 saturated heterocycles. The van der Waals surface area contributed by atoms with Crippen LogP contribution in [0.25, 0.3) is 0 Å². The van der Waals surface area contributed by atoms with E-state index in [1.165, 1.54) is 6.07 Å². The molecular formula is C14H23FN2. The molecule has 17 heavy (non-hydrogen) atoms. The lowest BCUT2D eigenvalue weighted by molar-refractivity contribution is 0.440. The smallest absolute Gasteiger partial charge is 0.128 e. The van der Waals surface area contributed by atoms with Gasteiger partial charge in [0.2, 0.25) is 0 Å². The number of benzene rings is 1. The highest BCUT2D eigenvalue weighted by molar-refractivity contribution is 5.26. The van der Waals surface area contributed by atoms with Crippen molar-refractivity contribution in [2.45, 2.75) is 46.1 Å². The molecule has 0 aromatic heterocycles. The average molecular weight is 238 g/mol. The van der Waals surface area contributed by atoms with E-state index < -0.39 is 0 Å². The first kappa shape index (κ1) is 14.1. The van der Waals surface area contributed by atoms with Gasteiger partial charge in [-0.25, -0.2) is 4.39 Å². The molecule has 0 amide bonds. The first-order valence-electron chi connectivity index (χ1n) is 6.26. The zero-order valence-electron chi connectivity index (χ0n) is 11.0. The zero-order chi connectivity index (χ0) is 12.8. The lowest BCUT2D eigenvalue weighted by Gasteiger charge is -2.18. The quantitative estimate of drug-likeness (QED) is 0.588. The van der Waals surface area contributed by atoms with E-state index in [1.54, 1.807) is 6.07 Å². The number of hydrazine groups is 1. The van der Waals surface area contributed by atoms with E-state index in [9.17, 15) is 4.39 Å². The SMILES string of the molecule is Cc1ccc(F)c(C(CCCC(C)C)NN)c1. The van der Waals surface area contributed by atoms with Crippen LogP contribution >= 0.6 is 0 Å². The maximum absolute atomic E-state index is 13.7. The van der Waals surface area contributed by atoms with Gasteiger partial charge in [0.05, 0.1) is 0 Å². The van der Waals surface area contributed by atoms with Crippen molar-refractivity contribution < 1.29 is 4.39 Å². The van der Waals surface area contributed by atoms with Crippen molar-refractivity contribution in [3.63, 3.8) is 0 Å². The highest BCUT2D eigenvalue weighted by Gasteiger charge is 2.14. The summed E-state index contributed by atoms with van der Waals surface area (Å²) in [6, 6.07) is 5.07. The Morgan fingerprint density at radius 3 is 2.59 bits per heavy atom. The number of aryl methyl sites for hydroxylation is 1. The number of hydrogen-bond acceptors (Lipinski definition) is 2. The van der Waals surface area contributed by atoms with Crippen LogP contribution in [0.3, 0.4) is 0 Å².